The van der Waals surface area contributed by atoms with Crippen LogP contribution in [-0.2, 0) is 6.42 Å². The second-order valence-electron chi connectivity index (χ2n) is 7.34. The number of piperidine rings is 1. The number of benzene rings is 1. The van der Waals surface area contributed by atoms with E-state index in [1.54, 1.807) is 0 Å². The molecule has 2 aromatic rings. The number of aromatic nitrogens is 3. The van der Waals surface area contributed by atoms with Gasteiger partial charge in [0.1, 0.15) is 5.82 Å². The van der Waals surface area contributed by atoms with Gasteiger partial charge in [-0.15, -0.1) is 0 Å². The maximum absolute atomic E-state index is 13.1. The summed E-state index contributed by atoms with van der Waals surface area (Å²) >= 11 is 0. The molecule has 2 saturated heterocycles. The molecule has 26 heavy (non-hydrogen) atoms. The molecule has 0 spiro atoms. The fourth-order valence-corrected chi connectivity index (χ4v) is 3.76. The number of aromatic amines is 1. The van der Waals surface area contributed by atoms with E-state index in [1.807, 2.05) is 17.9 Å². The van der Waals surface area contributed by atoms with Gasteiger partial charge in [0.05, 0.1) is 0 Å². The summed E-state index contributed by atoms with van der Waals surface area (Å²) in [5, 5.41) is 7.42. The lowest BCUT2D eigenvalue weighted by Gasteiger charge is -2.35. The molecule has 0 saturated carbocycles. The Morgan fingerprint density at radius 3 is 2.50 bits per heavy atom. The predicted molar refractivity (Wildman–Crippen MR) is 103 cm³/mol. The van der Waals surface area contributed by atoms with Crippen molar-refractivity contribution < 1.29 is 4.79 Å². The van der Waals surface area contributed by atoms with Gasteiger partial charge in [-0.2, -0.15) is 5.10 Å². The van der Waals surface area contributed by atoms with E-state index in [-0.39, 0.29) is 5.91 Å². The molecule has 6 nitrogen and oxygen atoms in total. The van der Waals surface area contributed by atoms with Crippen LogP contribution in [0.5, 0.6) is 0 Å². The van der Waals surface area contributed by atoms with Crippen LogP contribution < -0.4 is 4.90 Å². The maximum Gasteiger partial charge on any atom is 0.254 e. The van der Waals surface area contributed by atoms with Crippen molar-refractivity contribution in [1.29, 1.82) is 0 Å². The van der Waals surface area contributed by atoms with Crippen LogP contribution in [0, 0.1) is 6.92 Å². The number of rotatable bonds is 4. The maximum atomic E-state index is 13.1. The molecule has 0 aliphatic carbocycles. The number of nitrogens with zero attached hydrogens (tertiary/aromatic N) is 4. The SMILES string of the molecule is CCc1nc(-c2cc(C(=O)N3CCCCC3)c(C)cc2N2CCC2)n[nH]1. The van der Waals surface area contributed by atoms with Crippen LogP contribution in [0.4, 0.5) is 5.69 Å². The average molecular weight is 353 g/mol. The van der Waals surface area contributed by atoms with Crippen molar-refractivity contribution in [2.45, 2.75) is 46.0 Å². The number of H-pyrrole nitrogens is 1. The van der Waals surface area contributed by atoms with Crippen LogP contribution in [0.25, 0.3) is 11.4 Å². The summed E-state index contributed by atoms with van der Waals surface area (Å²) in [5.74, 6) is 1.71. The summed E-state index contributed by atoms with van der Waals surface area (Å²) in [5.41, 5.74) is 3.93. The molecule has 1 N–H and O–H groups in total. The fraction of sp³-hybridized carbons (Fsp3) is 0.550. The zero-order valence-electron chi connectivity index (χ0n) is 15.7. The molecule has 1 amide bonds. The zero-order valence-corrected chi connectivity index (χ0v) is 15.7. The predicted octanol–water partition coefficient (Wildman–Crippen LogP) is 3.18. The number of hydrogen-bond acceptors (Lipinski definition) is 4. The van der Waals surface area contributed by atoms with Gasteiger partial charge in [-0.25, -0.2) is 4.98 Å². The molecule has 1 aromatic heterocycles. The minimum absolute atomic E-state index is 0.143. The van der Waals surface area contributed by atoms with Crippen molar-refractivity contribution in [3.8, 4) is 11.4 Å². The summed E-state index contributed by atoms with van der Waals surface area (Å²) < 4.78 is 0. The molecule has 3 heterocycles. The Morgan fingerprint density at radius 2 is 1.88 bits per heavy atom. The summed E-state index contributed by atoms with van der Waals surface area (Å²) in [7, 11) is 0. The first-order valence-electron chi connectivity index (χ1n) is 9.78. The van der Waals surface area contributed by atoms with Gasteiger partial charge >= 0.3 is 0 Å². The summed E-state index contributed by atoms with van der Waals surface area (Å²) in [4.78, 5) is 22.1. The fourth-order valence-electron chi connectivity index (χ4n) is 3.76. The molecule has 0 atom stereocenters. The smallest absolute Gasteiger partial charge is 0.254 e. The van der Waals surface area contributed by atoms with Crippen LogP contribution in [0.15, 0.2) is 12.1 Å². The Bertz CT molecular complexity index is 803. The third-order valence-corrected chi connectivity index (χ3v) is 5.52. The second kappa shape index (κ2) is 7.09. The minimum Gasteiger partial charge on any atom is -0.371 e. The van der Waals surface area contributed by atoms with E-state index >= 15 is 0 Å². The highest BCUT2D eigenvalue weighted by Gasteiger charge is 2.26. The van der Waals surface area contributed by atoms with E-state index in [2.05, 4.69) is 33.1 Å². The first kappa shape index (κ1) is 17.1. The van der Waals surface area contributed by atoms with Gasteiger partial charge in [0.15, 0.2) is 5.82 Å². The molecule has 4 rings (SSSR count). The Kier molecular flexibility index (Phi) is 4.66. The molecule has 2 aliphatic heterocycles. The van der Waals surface area contributed by atoms with Crippen LogP contribution >= 0.6 is 0 Å². The highest BCUT2D eigenvalue weighted by molar-refractivity contribution is 5.98. The van der Waals surface area contributed by atoms with Gasteiger partial charge in [-0.05, 0) is 50.3 Å². The van der Waals surface area contributed by atoms with E-state index in [0.717, 1.165) is 73.6 Å². The number of likely N-dealkylation sites (tertiary alicyclic amines) is 1. The van der Waals surface area contributed by atoms with Gasteiger partial charge in [0.25, 0.3) is 5.91 Å². The van der Waals surface area contributed by atoms with Gasteiger partial charge in [-0.3, -0.25) is 9.89 Å². The molecular formula is C20H27N5O. The van der Waals surface area contributed by atoms with Gasteiger partial charge in [-0.1, -0.05) is 6.92 Å². The molecular weight excluding hydrogens is 326 g/mol. The highest BCUT2D eigenvalue weighted by Crippen LogP contribution is 2.35. The molecule has 2 fully saturated rings. The third kappa shape index (κ3) is 3.08. The van der Waals surface area contributed by atoms with E-state index in [0.29, 0.717) is 5.82 Å². The van der Waals surface area contributed by atoms with Crippen LogP contribution in [-0.4, -0.2) is 52.2 Å². The van der Waals surface area contributed by atoms with Gasteiger partial charge in [0, 0.05) is 49.4 Å². The Balaban J connectivity index is 1.75. The number of carbonyl (C=O) groups excluding carboxylic acids is 1. The zero-order chi connectivity index (χ0) is 18.1. The van der Waals surface area contributed by atoms with Crippen molar-refractivity contribution in [3.63, 3.8) is 0 Å². The van der Waals surface area contributed by atoms with E-state index in [4.69, 9.17) is 0 Å². The Morgan fingerprint density at radius 1 is 1.12 bits per heavy atom. The average Bonchev–Trinajstić information content (AvgIpc) is 3.10. The first-order valence-corrected chi connectivity index (χ1v) is 9.78. The van der Waals surface area contributed by atoms with E-state index in [1.165, 1.54) is 12.8 Å². The lowest BCUT2D eigenvalue weighted by molar-refractivity contribution is 0.0723. The molecule has 6 heteroatoms. The number of anilines is 1. The van der Waals surface area contributed by atoms with E-state index in [9.17, 15) is 4.79 Å². The van der Waals surface area contributed by atoms with Crippen LogP contribution in [0.2, 0.25) is 0 Å². The Labute approximate surface area is 154 Å². The van der Waals surface area contributed by atoms with Crippen molar-refractivity contribution in [2.24, 2.45) is 0 Å². The number of aryl methyl sites for hydroxylation is 2. The highest BCUT2D eigenvalue weighted by atomic mass is 16.2. The lowest BCUT2D eigenvalue weighted by Crippen LogP contribution is -2.38. The molecule has 0 bridgehead atoms. The quantitative estimate of drug-likeness (QED) is 0.917. The van der Waals surface area contributed by atoms with Crippen LogP contribution in [0.3, 0.4) is 0 Å². The number of carbonyl (C=O) groups is 1. The lowest BCUT2D eigenvalue weighted by atomic mass is 9.98. The first-order chi connectivity index (χ1) is 12.7. The molecule has 0 radical (unpaired) electrons. The molecule has 138 valence electrons. The normalized spacial score (nSPS) is 17.3. The van der Waals surface area contributed by atoms with Crippen molar-refractivity contribution >= 4 is 11.6 Å². The summed E-state index contributed by atoms with van der Waals surface area (Å²) in [6.45, 7) is 7.93. The molecule has 0 unspecified atom stereocenters. The van der Waals surface area contributed by atoms with E-state index < -0.39 is 0 Å². The van der Waals surface area contributed by atoms with Crippen molar-refractivity contribution in [2.75, 3.05) is 31.1 Å². The number of amides is 1. The van der Waals surface area contributed by atoms with Crippen molar-refractivity contribution in [1.82, 2.24) is 20.1 Å². The number of hydrogen-bond donors (Lipinski definition) is 1. The Hall–Kier alpha value is -2.37. The summed E-state index contributed by atoms with van der Waals surface area (Å²) in [6.07, 6.45) is 5.45. The largest absolute Gasteiger partial charge is 0.371 e. The van der Waals surface area contributed by atoms with Crippen molar-refractivity contribution in [3.05, 3.63) is 29.1 Å². The van der Waals surface area contributed by atoms with Gasteiger partial charge < -0.3 is 9.80 Å². The third-order valence-electron chi connectivity index (χ3n) is 5.52. The number of nitrogens with one attached hydrogen (secondary N) is 1. The van der Waals surface area contributed by atoms with Crippen LogP contribution in [0.1, 0.15) is 54.4 Å². The minimum atomic E-state index is 0.143. The monoisotopic (exact) mass is 353 g/mol. The van der Waals surface area contributed by atoms with Gasteiger partial charge in [0.2, 0.25) is 0 Å². The molecule has 1 aromatic carbocycles. The summed E-state index contributed by atoms with van der Waals surface area (Å²) in [6, 6.07) is 4.16. The second-order valence-corrected chi connectivity index (χ2v) is 7.34. The topological polar surface area (TPSA) is 65.1 Å². The standard InChI is InChI=1S/C20H27N5O/c1-3-18-21-19(23-22-18)16-13-15(20(26)25-8-5-4-6-9-25)14(2)12-17(16)24-10-7-11-24/h12-13H,3-11H2,1-2H3,(H,21,22,23). The molecule has 2 aliphatic rings.